The highest BCUT2D eigenvalue weighted by Gasteiger charge is 2.30. The molecule has 3 heterocycles. The summed E-state index contributed by atoms with van der Waals surface area (Å²) >= 11 is 1.48. The molecule has 7 nitrogen and oxygen atoms in total. The number of hydrogen-bond acceptors (Lipinski definition) is 6. The van der Waals surface area contributed by atoms with Gasteiger partial charge in [0.1, 0.15) is 10.7 Å². The molecule has 2 aromatic heterocycles. The Morgan fingerprint density at radius 3 is 2.78 bits per heavy atom. The molecule has 0 radical (unpaired) electrons. The third-order valence-corrected chi connectivity index (χ3v) is 5.85. The third-order valence-electron chi connectivity index (χ3n) is 4.72. The summed E-state index contributed by atoms with van der Waals surface area (Å²) in [7, 11) is 1.73. The van der Waals surface area contributed by atoms with Gasteiger partial charge in [-0.3, -0.25) is 14.4 Å². The molecule has 3 rings (SSSR count). The van der Waals surface area contributed by atoms with Crippen LogP contribution in [-0.4, -0.2) is 46.3 Å². The zero-order valence-electron chi connectivity index (χ0n) is 16.3. The number of hydrogen-bond donors (Lipinski definition) is 1. The molecule has 0 unspecified atom stereocenters. The van der Waals surface area contributed by atoms with Gasteiger partial charge in [-0.1, -0.05) is 6.92 Å². The number of carbonyl (C=O) groups excluding carboxylic acids is 2. The molecule has 0 fully saturated rings. The Morgan fingerprint density at radius 2 is 2.15 bits per heavy atom. The summed E-state index contributed by atoms with van der Waals surface area (Å²) in [6.07, 6.45) is 3.54. The highest BCUT2D eigenvalue weighted by Crippen LogP contribution is 2.38. The van der Waals surface area contributed by atoms with Gasteiger partial charge in [0.25, 0.3) is 5.91 Å². The molecule has 0 aliphatic carbocycles. The Balaban J connectivity index is 1.94. The van der Waals surface area contributed by atoms with E-state index in [2.05, 4.69) is 22.2 Å². The van der Waals surface area contributed by atoms with E-state index in [1.54, 1.807) is 24.9 Å². The molecule has 0 spiro atoms. The molecule has 1 aliphatic heterocycles. The molecule has 1 aliphatic rings. The summed E-state index contributed by atoms with van der Waals surface area (Å²) in [4.78, 5) is 28.9. The first-order valence-corrected chi connectivity index (χ1v) is 10.1. The van der Waals surface area contributed by atoms with Crippen molar-refractivity contribution in [1.82, 2.24) is 14.7 Å². The van der Waals surface area contributed by atoms with Crippen molar-refractivity contribution in [3.05, 3.63) is 33.5 Å². The van der Waals surface area contributed by atoms with Crippen LogP contribution in [0.3, 0.4) is 0 Å². The largest absolute Gasteiger partial charge is 0.462 e. The first kappa shape index (κ1) is 19.6. The number of aryl methyl sites for hydroxylation is 2. The molecule has 1 amide bonds. The van der Waals surface area contributed by atoms with E-state index >= 15 is 0 Å². The van der Waals surface area contributed by atoms with Crippen molar-refractivity contribution < 1.29 is 14.3 Å². The van der Waals surface area contributed by atoms with Gasteiger partial charge < -0.3 is 10.1 Å². The number of rotatable bonds is 6. The van der Waals surface area contributed by atoms with E-state index in [0.29, 0.717) is 22.9 Å². The molecular formula is C19H26N4O3S. The normalized spacial score (nSPS) is 14.1. The van der Waals surface area contributed by atoms with Gasteiger partial charge in [-0.2, -0.15) is 5.10 Å². The van der Waals surface area contributed by atoms with E-state index in [1.807, 2.05) is 6.92 Å². The first-order valence-electron chi connectivity index (χ1n) is 9.30. The Morgan fingerprint density at radius 1 is 1.37 bits per heavy atom. The van der Waals surface area contributed by atoms with E-state index in [-0.39, 0.29) is 11.9 Å². The number of ether oxygens (including phenoxy) is 1. The van der Waals surface area contributed by atoms with Crippen LogP contribution in [0.5, 0.6) is 0 Å². The van der Waals surface area contributed by atoms with E-state index < -0.39 is 0 Å². The zero-order valence-corrected chi connectivity index (χ0v) is 17.1. The van der Waals surface area contributed by atoms with Gasteiger partial charge in [-0.15, -0.1) is 11.3 Å². The fourth-order valence-electron chi connectivity index (χ4n) is 3.51. The minimum Gasteiger partial charge on any atom is -0.462 e. The van der Waals surface area contributed by atoms with Gasteiger partial charge in [-0.25, -0.2) is 4.79 Å². The molecule has 146 valence electrons. The summed E-state index contributed by atoms with van der Waals surface area (Å²) in [5.41, 5.74) is 2.82. The second-order valence-electron chi connectivity index (χ2n) is 6.71. The molecule has 8 heteroatoms. The van der Waals surface area contributed by atoms with Crippen molar-refractivity contribution >= 4 is 28.2 Å². The van der Waals surface area contributed by atoms with Gasteiger partial charge in [0, 0.05) is 25.0 Å². The first-order chi connectivity index (χ1) is 13.0. The molecular weight excluding hydrogens is 364 g/mol. The Kier molecular flexibility index (Phi) is 5.96. The highest BCUT2D eigenvalue weighted by atomic mass is 32.1. The van der Waals surface area contributed by atoms with E-state index in [1.165, 1.54) is 11.3 Å². The minimum atomic E-state index is -0.365. The van der Waals surface area contributed by atoms with Crippen LogP contribution in [0.15, 0.2) is 6.20 Å². The monoisotopic (exact) mass is 390 g/mol. The van der Waals surface area contributed by atoms with Crippen molar-refractivity contribution in [3.63, 3.8) is 0 Å². The van der Waals surface area contributed by atoms with Crippen molar-refractivity contribution in [1.29, 1.82) is 0 Å². The van der Waals surface area contributed by atoms with E-state index in [4.69, 9.17) is 4.74 Å². The van der Waals surface area contributed by atoms with Crippen LogP contribution in [0.25, 0.3) is 0 Å². The maximum absolute atomic E-state index is 12.8. The van der Waals surface area contributed by atoms with Crippen LogP contribution in [-0.2, 0) is 24.8 Å². The van der Waals surface area contributed by atoms with Crippen molar-refractivity contribution in [3.8, 4) is 0 Å². The number of anilines is 1. The van der Waals surface area contributed by atoms with Crippen LogP contribution in [0.2, 0.25) is 0 Å². The number of fused-ring (bicyclic) bond motifs is 1. The predicted octanol–water partition coefficient (Wildman–Crippen LogP) is 2.99. The highest BCUT2D eigenvalue weighted by molar-refractivity contribution is 7.17. The van der Waals surface area contributed by atoms with Crippen LogP contribution in [0.1, 0.15) is 57.1 Å². The molecule has 27 heavy (non-hydrogen) atoms. The SMILES string of the molecule is CCCN1CCc2c(sc(NC(=O)c3c(C)cnn3C)c2C(=O)OCC)C1. The standard InChI is InChI=1S/C19H26N4O3S/c1-5-8-23-9-7-13-14(11-23)27-18(15(13)19(25)26-6-2)21-17(24)16-12(3)10-20-22(16)4/h10H,5-9,11H2,1-4H3,(H,21,24). The van der Waals surface area contributed by atoms with Crippen molar-refractivity contribution in [2.75, 3.05) is 25.0 Å². The topological polar surface area (TPSA) is 76.5 Å². The van der Waals surface area contributed by atoms with Gasteiger partial charge in [0.15, 0.2) is 0 Å². The molecule has 0 saturated carbocycles. The molecule has 0 atom stereocenters. The van der Waals surface area contributed by atoms with Gasteiger partial charge in [0.05, 0.1) is 18.4 Å². The lowest BCUT2D eigenvalue weighted by Crippen LogP contribution is -2.30. The quantitative estimate of drug-likeness (QED) is 0.768. The number of thiophene rings is 1. The van der Waals surface area contributed by atoms with E-state index in [9.17, 15) is 9.59 Å². The second kappa shape index (κ2) is 8.22. The zero-order chi connectivity index (χ0) is 19.6. The summed E-state index contributed by atoms with van der Waals surface area (Å²) in [6.45, 7) is 8.85. The maximum atomic E-state index is 12.8. The van der Waals surface area contributed by atoms with E-state index in [0.717, 1.165) is 48.5 Å². The lowest BCUT2D eigenvalue weighted by atomic mass is 10.0. The molecule has 0 bridgehead atoms. The van der Waals surface area contributed by atoms with Crippen LogP contribution in [0, 0.1) is 6.92 Å². The number of nitrogens with zero attached hydrogens (tertiary/aromatic N) is 3. The number of aromatic nitrogens is 2. The smallest absolute Gasteiger partial charge is 0.341 e. The van der Waals surface area contributed by atoms with Gasteiger partial charge in [-0.05, 0) is 44.4 Å². The summed E-state index contributed by atoms with van der Waals surface area (Å²) in [5, 5.41) is 7.63. The molecule has 2 aromatic rings. The Hall–Kier alpha value is -2.19. The second-order valence-corrected chi connectivity index (χ2v) is 7.81. The fraction of sp³-hybridized carbons (Fsp3) is 0.526. The summed E-state index contributed by atoms with van der Waals surface area (Å²) in [5.74, 6) is -0.627. The van der Waals surface area contributed by atoms with Gasteiger partial charge >= 0.3 is 5.97 Å². The van der Waals surface area contributed by atoms with Crippen molar-refractivity contribution in [2.24, 2.45) is 7.05 Å². The molecule has 0 aromatic carbocycles. The summed E-state index contributed by atoms with van der Waals surface area (Å²) < 4.78 is 6.82. The average Bonchev–Trinajstić information content (AvgIpc) is 3.14. The van der Waals surface area contributed by atoms with Gasteiger partial charge in [0.2, 0.25) is 0 Å². The van der Waals surface area contributed by atoms with Crippen LogP contribution >= 0.6 is 11.3 Å². The molecule has 0 saturated heterocycles. The fourth-order valence-corrected chi connectivity index (χ4v) is 4.78. The Bertz CT molecular complexity index is 836. The lowest BCUT2D eigenvalue weighted by Gasteiger charge is -2.26. The number of carbonyl (C=O) groups is 2. The average molecular weight is 391 g/mol. The third kappa shape index (κ3) is 3.91. The lowest BCUT2D eigenvalue weighted by molar-refractivity contribution is 0.0526. The minimum absolute atomic E-state index is 0.262. The number of amides is 1. The Labute approximate surface area is 163 Å². The molecule has 1 N–H and O–H groups in total. The van der Waals surface area contributed by atoms with Crippen LogP contribution in [0.4, 0.5) is 5.00 Å². The van der Waals surface area contributed by atoms with Crippen LogP contribution < -0.4 is 5.32 Å². The number of nitrogens with one attached hydrogen (secondary N) is 1. The van der Waals surface area contributed by atoms with Crippen molar-refractivity contribution in [2.45, 2.75) is 40.2 Å². The maximum Gasteiger partial charge on any atom is 0.341 e. The predicted molar refractivity (Wildman–Crippen MR) is 105 cm³/mol. The number of esters is 1. The summed E-state index contributed by atoms with van der Waals surface area (Å²) in [6, 6.07) is 0.